The predicted octanol–water partition coefficient (Wildman–Crippen LogP) is 7.51. The molecule has 7 aliphatic rings. The first-order chi connectivity index (χ1) is 32.2. The van der Waals surface area contributed by atoms with Crippen molar-refractivity contribution in [1.29, 1.82) is 5.26 Å². The van der Waals surface area contributed by atoms with Gasteiger partial charge in [0, 0.05) is 46.6 Å². The lowest BCUT2D eigenvalue weighted by Crippen LogP contribution is -2.69. The van der Waals surface area contributed by atoms with E-state index < -0.39 is 34.9 Å². The van der Waals surface area contributed by atoms with Crippen molar-refractivity contribution in [3.05, 3.63) is 134 Å². The van der Waals surface area contributed by atoms with E-state index in [4.69, 9.17) is 33.2 Å². The van der Waals surface area contributed by atoms with Gasteiger partial charge in [0.15, 0.2) is 40.0 Å². The van der Waals surface area contributed by atoms with Gasteiger partial charge in [-0.1, -0.05) is 66.7 Å². The summed E-state index contributed by atoms with van der Waals surface area (Å²) in [5.74, 6) is 3.28. The smallest absolute Gasteiger partial charge is 0.331 e. The summed E-state index contributed by atoms with van der Waals surface area (Å²) in [7, 11) is 5.32. The predicted molar refractivity (Wildman–Crippen MR) is 247 cm³/mol. The van der Waals surface area contributed by atoms with Crippen LogP contribution in [0, 0.1) is 25.2 Å². The SMILES string of the molecule is COc1cc2c(cc1O)CCN[C@]21CS[C@@H]2c3c(OCc4ccccc4)c(C)c4c(c3[C@H](COC1=O)N1C2[C@H]2c3c(cc(C)c(OC)c3OCc3ccccc3)C[C@@H]([C@@H]1C#N)N2C)OCO4. The molecule has 7 atom stereocenters. The lowest BCUT2D eigenvalue weighted by Gasteiger charge is -2.62. The third-order valence-electron chi connectivity index (χ3n) is 14.6. The molecule has 5 aromatic carbocycles. The first-order valence-electron chi connectivity index (χ1n) is 22.5. The second-order valence-corrected chi connectivity index (χ2v) is 19.2. The molecule has 4 bridgehead atoms. The number of likely N-dealkylation sites (N-methyl/N-ethyl adjacent to an activating group) is 1. The van der Waals surface area contributed by atoms with Crippen molar-refractivity contribution >= 4 is 17.7 Å². The number of carbonyl (C=O) groups excluding carboxylic acids is 1. The number of thioether (sulfide) groups is 1. The maximum Gasteiger partial charge on any atom is 0.331 e. The second-order valence-electron chi connectivity index (χ2n) is 18.0. The number of aromatic hydroxyl groups is 1. The number of hydrogen-bond acceptors (Lipinski definition) is 14. The summed E-state index contributed by atoms with van der Waals surface area (Å²) >= 11 is 1.64. The maximum atomic E-state index is 15.1. The third-order valence-corrected chi connectivity index (χ3v) is 16.1. The topological polar surface area (TPSA) is 144 Å². The van der Waals surface area contributed by atoms with Crippen molar-refractivity contribution in [3.63, 3.8) is 0 Å². The Balaban J connectivity index is 1.16. The number of hydrogen-bond donors (Lipinski definition) is 2. The fourth-order valence-corrected chi connectivity index (χ4v) is 13.4. The molecule has 0 saturated carbocycles. The van der Waals surface area contributed by atoms with E-state index in [1.807, 2.05) is 62.4 Å². The zero-order chi connectivity index (χ0) is 45.4. The van der Waals surface area contributed by atoms with Gasteiger partial charge in [-0.2, -0.15) is 5.26 Å². The summed E-state index contributed by atoms with van der Waals surface area (Å²) in [5, 5.41) is 25.6. The summed E-state index contributed by atoms with van der Waals surface area (Å²) in [6, 6.07) is 26.4. The molecule has 0 aliphatic carbocycles. The zero-order valence-electron chi connectivity index (χ0n) is 37.6. The number of nitrogens with one attached hydrogen (secondary N) is 1. The van der Waals surface area contributed by atoms with E-state index >= 15 is 4.79 Å². The Morgan fingerprint density at radius 1 is 0.879 bits per heavy atom. The van der Waals surface area contributed by atoms with Gasteiger partial charge in [0.05, 0.1) is 37.6 Å². The molecule has 2 fully saturated rings. The highest BCUT2D eigenvalue weighted by Gasteiger charge is 2.62. The molecule has 14 heteroatoms. The van der Waals surface area contributed by atoms with Crippen molar-refractivity contribution in [2.45, 2.75) is 80.9 Å². The summed E-state index contributed by atoms with van der Waals surface area (Å²) in [6.07, 6.45) is 1.18. The van der Waals surface area contributed by atoms with E-state index in [1.165, 1.54) is 7.11 Å². The molecule has 1 unspecified atom stereocenters. The first kappa shape index (κ1) is 42.5. The normalized spacial score (nSPS) is 26.0. The van der Waals surface area contributed by atoms with Gasteiger partial charge in [-0.05, 0) is 79.3 Å². The molecule has 0 aromatic heterocycles. The molecule has 7 heterocycles. The second kappa shape index (κ2) is 16.6. The number of nitrogens with zero attached hydrogens (tertiary/aromatic N) is 3. The Morgan fingerprint density at radius 2 is 1.59 bits per heavy atom. The van der Waals surface area contributed by atoms with Crippen LogP contribution in [-0.4, -0.2) is 86.0 Å². The van der Waals surface area contributed by atoms with Gasteiger partial charge < -0.3 is 38.3 Å². The number of ether oxygens (including phenoxy) is 7. The number of nitriles is 1. The zero-order valence-corrected chi connectivity index (χ0v) is 38.4. The summed E-state index contributed by atoms with van der Waals surface area (Å²) < 4.78 is 45.3. The van der Waals surface area contributed by atoms with Crippen LogP contribution in [-0.2, 0) is 41.1 Å². The molecular weight excluding hydrogens is 857 g/mol. The van der Waals surface area contributed by atoms with Crippen molar-refractivity contribution in [2.24, 2.45) is 0 Å². The number of phenolic OH excluding ortho intramolecular Hbond substituents is 1. The van der Waals surface area contributed by atoms with Crippen molar-refractivity contribution in [3.8, 4) is 46.3 Å². The number of piperazine rings is 1. The number of rotatable bonds is 8. The highest BCUT2D eigenvalue weighted by Crippen LogP contribution is 2.65. The molecule has 13 nitrogen and oxygen atoms in total. The molecular formula is C52H52N4O9S. The highest BCUT2D eigenvalue weighted by molar-refractivity contribution is 7.99. The number of benzene rings is 5. The summed E-state index contributed by atoms with van der Waals surface area (Å²) in [4.78, 5) is 19.8. The number of esters is 1. The van der Waals surface area contributed by atoms with Gasteiger partial charge in [0.25, 0.3) is 0 Å². The van der Waals surface area contributed by atoms with Crippen LogP contribution < -0.4 is 33.7 Å². The Hall–Kier alpha value is -6.11. The van der Waals surface area contributed by atoms with Crippen LogP contribution >= 0.6 is 11.8 Å². The Kier molecular flexibility index (Phi) is 10.7. The van der Waals surface area contributed by atoms with Gasteiger partial charge in [-0.3, -0.25) is 15.1 Å². The number of aryl methyl sites for hydroxylation is 1. The van der Waals surface area contributed by atoms with Crippen LogP contribution in [0.25, 0.3) is 0 Å². The molecule has 0 radical (unpaired) electrons. The standard InChI is InChI=1S/C52H52N4O9S/c1-28-18-33-19-35-36(22-53)56-37-25-63-51(58)52(34-21-39(59-4)38(57)20-32(34)16-17-54-52)26-66-50(42-41(37)49-47(64-27-65-49)29(2)46(42)61-23-30-12-8-6-9-13-30)44(56)43(55(35)3)40(33)48(45(28)60-5)62-24-31-14-10-7-11-15-31/h6-15,18,20-21,35-37,43-44,50,54,57H,16-17,19,23-27H2,1-5H3/t35-,36-,37-,43+,44?,50+,52+/m0/s1. The molecule has 66 heavy (non-hydrogen) atoms. The molecule has 12 rings (SSSR count). The van der Waals surface area contributed by atoms with Gasteiger partial charge in [-0.15, -0.1) is 11.8 Å². The van der Waals surface area contributed by atoms with Crippen molar-refractivity contribution in [2.75, 3.05) is 47.0 Å². The average molecular weight is 909 g/mol. The monoisotopic (exact) mass is 908 g/mol. The minimum atomic E-state index is -1.31. The van der Waals surface area contributed by atoms with Crippen LogP contribution in [0.15, 0.2) is 78.9 Å². The number of fused-ring (bicyclic) bond motifs is 9. The molecule has 7 aliphatic heterocycles. The van der Waals surface area contributed by atoms with Gasteiger partial charge >= 0.3 is 5.97 Å². The molecule has 2 N–H and O–H groups in total. The van der Waals surface area contributed by atoms with E-state index in [-0.39, 0.29) is 42.7 Å². The Labute approximate surface area is 388 Å². The van der Waals surface area contributed by atoms with Crippen LogP contribution in [0.5, 0.6) is 40.2 Å². The van der Waals surface area contributed by atoms with E-state index in [0.29, 0.717) is 66.9 Å². The minimum absolute atomic E-state index is 0.0128. The lowest BCUT2D eigenvalue weighted by molar-refractivity contribution is -0.157. The van der Waals surface area contributed by atoms with Crippen LogP contribution in [0.2, 0.25) is 0 Å². The molecule has 0 amide bonds. The van der Waals surface area contributed by atoms with E-state index in [9.17, 15) is 10.4 Å². The summed E-state index contributed by atoms with van der Waals surface area (Å²) in [5.41, 5.74) is 7.89. The third kappa shape index (κ3) is 6.49. The lowest BCUT2D eigenvalue weighted by atomic mass is 9.71. The van der Waals surface area contributed by atoms with Gasteiger partial charge in [0.2, 0.25) is 6.79 Å². The summed E-state index contributed by atoms with van der Waals surface area (Å²) in [6.45, 7) is 5.10. The largest absolute Gasteiger partial charge is 0.504 e. The Bertz CT molecular complexity index is 2790. The van der Waals surface area contributed by atoms with Crippen molar-refractivity contribution < 1.29 is 43.1 Å². The van der Waals surface area contributed by atoms with E-state index in [0.717, 1.165) is 50.1 Å². The first-order valence-corrected chi connectivity index (χ1v) is 23.5. The fourth-order valence-electron chi connectivity index (χ4n) is 11.7. The van der Waals surface area contributed by atoms with E-state index in [2.05, 4.69) is 46.4 Å². The van der Waals surface area contributed by atoms with Crippen LogP contribution in [0.4, 0.5) is 0 Å². The highest BCUT2D eigenvalue weighted by atomic mass is 32.2. The van der Waals surface area contributed by atoms with Gasteiger partial charge in [-0.25, -0.2) is 4.79 Å². The average Bonchev–Trinajstić information content (AvgIpc) is 3.83. The number of methoxy groups -OCH3 is 2. The minimum Gasteiger partial charge on any atom is -0.504 e. The maximum absolute atomic E-state index is 15.1. The van der Waals surface area contributed by atoms with Crippen LogP contribution in [0.3, 0.4) is 0 Å². The van der Waals surface area contributed by atoms with Crippen molar-refractivity contribution in [1.82, 2.24) is 15.1 Å². The molecule has 340 valence electrons. The van der Waals surface area contributed by atoms with Gasteiger partial charge in [0.1, 0.15) is 31.6 Å². The fraction of sp³-hybridized carbons (Fsp3) is 0.385. The number of carbonyl (C=O) groups is 1. The molecule has 1 spiro atoms. The van der Waals surface area contributed by atoms with Crippen LogP contribution in [0.1, 0.15) is 73.0 Å². The molecule has 5 aromatic rings. The Morgan fingerprint density at radius 3 is 2.29 bits per heavy atom. The molecule has 2 saturated heterocycles. The van der Waals surface area contributed by atoms with E-state index in [1.54, 1.807) is 31.0 Å². The quantitative estimate of drug-likeness (QED) is 0.148. The number of phenols is 1.